The molecule has 0 N–H and O–H groups in total. The van der Waals surface area contributed by atoms with Crippen molar-refractivity contribution < 1.29 is 4.84 Å². The first-order chi connectivity index (χ1) is 2.89. The van der Waals surface area contributed by atoms with Gasteiger partial charge in [-0.15, -0.1) is 0 Å². The fourth-order valence-corrected chi connectivity index (χ4v) is 0.311. The van der Waals surface area contributed by atoms with Crippen LogP contribution in [0.4, 0.5) is 0 Å². The summed E-state index contributed by atoms with van der Waals surface area (Å²) in [6.45, 7) is 4.32. The molecule has 0 saturated heterocycles. The van der Waals surface area contributed by atoms with E-state index >= 15 is 0 Å². The Morgan fingerprint density at radius 2 is 2.83 bits per heavy atom. The maximum Gasteiger partial charge on any atom is 0.125 e. The monoisotopic (exact) mass is 84.0 g/mol. The first-order valence-electron chi connectivity index (χ1n) is 1.88. The molecule has 0 fully saturated rings. The summed E-state index contributed by atoms with van der Waals surface area (Å²) < 4.78 is 0. The molecule has 1 aliphatic rings. The topological polar surface area (TPSA) is 21.6 Å². The molecule has 2 heteroatoms. The van der Waals surface area contributed by atoms with Crippen LogP contribution in [-0.2, 0) is 4.84 Å². The lowest BCUT2D eigenvalue weighted by molar-refractivity contribution is 0.162. The van der Waals surface area contributed by atoms with Crippen molar-refractivity contribution in [3.05, 3.63) is 6.92 Å². The third kappa shape index (κ3) is 0.506. The van der Waals surface area contributed by atoms with Gasteiger partial charge in [-0.05, 0) is 6.92 Å². The van der Waals surface area contributed by atoms with Gasteiger partial charge in [0.25, 0.3) is 0 Å². The van der Waals surface area contributed by atoms with Crippen molar-refractivity contribution in [2.75, 3.05) is 6.61 Å². The zero-order chi connectivity index (χ0) is 4.41. The maximum absolute atomic E-state index is 4.56. The van der Waals surface area contributed by atoms with Crippen LogP contribution in [0.1, 0.15) is 0 Å². The molecule has 0 amide bonds. The summed E-state index contributed by atoms with van der Waals surface area (Å²) in [7, 11) is 0. The van der Waals surface area contributed by atoms with Gasteiger partial charge in [0.1, 0.15) is 6.61 Å². The molecule has 0 aromatic heterocycles. The average Bonchev–Trinajstić information content (AvgIpc) is 1.86. The molecule has 2 nitrogen and oxygen atoms in total. The zero-order valence-electron chi connectivity index (χ0n) is 3.42. The predicted octanol–water partition coefficient (Wildman–Crippen LogP) is 0.453. The second kappa shape index (κ2) is 1.29. The van der Waals surface area contributed by atoms with Gasteiger partial charge < -0.3 is 4.84 Å². The lowest BCUT2D eigenvalue weighted by atomic mass is 10.2. The normalized spacial score (nSPS) is 30.5. The van der Waals surface area contributed by atoms with Gasteiger partial charge in [0.15, 0.2) is 0 Å². The Hall–Kier alpha value is -0.530. The zero-order valence-corrected chi connectivity index (χ0v) is 3.42. The Balaban J connectivity index is 2.38. The summed E-state index contributed by atoms with van der Waals surface area (Å²) in [5, 5.41) is 3.48. The summed E-state index contributed by atoms with van der Waals surface area (Å²) >= 11 is 0. The van der Waals surface area contributed by atoms with Crippen LogP contribution >= 0.6 is 0 Å². The highest BCUT2D eigenvalue weighted by atomic mass is 16.6. The average molecular weight is 84.1 g/mol. The van der Waals surface area contributed by atoms with Crippen molar-refractivity contribution in [1.82, 2.24) is 0 Å². The second-order valence-electron chi connectivity index (χ2n) is 1.31. The van der Waals surface area contributed by atoms with E-state index in [2.05, 4.69) is 16.9 Å². The molecule has 1 heterocycles. The van der Waals surface area contributed by atoms with Gasteiger partial charge in [-0.25, -0.2) is 0 Å². The second-order valence-corrected chi connectivity index (χ2v) is 1.31. The molecular formula is C4H6NO. The molecule has 1 unspecified atom stereocenters. The van der Waals surface area contributed by atoms with Gasteiger partial charge in [-0.3, -0.25) is 0 Å². The molecular weight excluding hydrogens is 78.0 g/mol. The van der Waals surface area contributed by atoms with Crippen LogP contribution in [0.15, 0.2) is 5.16 Å². The third-order valence-corrected chi connectivity index (χ3v) is 0.635. The highest BCUT2D eigenvalue weighted by molar-refractivity contribution is 5.62. The van der Waals surface area contributed by atoms with Crippen LogP contribution in [0.3, 0.4) is 0 Å². The van der Waals surface area contributed by atoms with Crippen molar-refractivity contribution in [3.63, 3.8) is 0 Å². The van der Waals surface area contributed by atoms with E-state index in [1.165, 1.54) is 0 Å². The molecule has 6 heavy (non-hydrogen) atoms. The number of hydrogen-bond donors (Lipinski definition) is 0. The third-order valence-electron chi connectivity index (χ3n) is 0.635. The Morgan fingerprint density at radius 3 is 3.00 bits per heavy atom. The van der Waals surface area contributed by atoms with E-state index < -0.39 is 0 Å². The molecule has 0 aliphatic carbocycles. The highest BCUT2D eigenvalue weighted by Crippen LogP contribution is 1.97. The molecule has 1 aliphatic heterocycles. The molecule has 1 radical (unpaired) electrons. The molecule has 0 aromatic carbocycles. The number of rotatable bonds is 0. The van der Waals surface area contributed by atoms with Gasteiger partial charge in [0.2, 0.25) is 0 Å². The fourth-order valence-electron chi connectivity index (χ4n) is 0.311. The van der Waals surface area contributed by atoms with Crippen molar-refractivity contribution in [1.29, 1.82) is 0 Å². The largest absolute Gasteiger partial charge is 0.395 e. The molecule has 1 atom stereocenters. The summed E-state index contributed by atoms with van der Waals surface area (Å²) in [6, 6.07) is 0. The van der Waals surface area contributed by atoms with Crippen molar-refractivity contribution >= 4 is 6.21 Å². The van der Waals surface area contributed by atoms with Gasteiger partial charge in [0, 0.05) is 5.92 Å². The van der Waals surface area contributed by atoms with Crippen LogP contribution in [0.2, 0.25) is 0 Å². The highest BCUT2D eigenvalue weighted by Gasteiger charge is 2.02. The maximum atomic E-state index is 4.56. The smallest absolute Gasteiger partial charge is 0.125 e. The molecule has 0 spiro atoms. The Morgan fingerprint density at radius 1 is 2.00 bits per heavy atom. The lowest BCUT2D eigenvalue weighted by Gasteiger charge is -1.86. The van der Waals surface area contributed by atoms with E-state index in [1.54, 1.807) is 6.21 Å². The lowest BCUT2D eigenvalue weighted by Crippen LogP contribution is -1.93. The van der Waals surface area contributed by atoms with Crippen LogP contribution in [0.25, 0.3) is 0 Å². The minimum Gasteiger partial charge on any atom is -0.395 e. The van der Waals surface area contributed by atoms with Crippen molar-refractivity contribution in [3.8, 4) is 0 Å². The van der Waals surface area contributed by atoms with Crippen molar-refractivity contribution in [2.45, 2.75) is 0 Å². The fraction of sp³-hybridized carbons (Fsp3) is 0.500. The van der Waals surface area contributed by atoms with Gasteiger partial charge in [-0.1, -0.05) is 5.16 Å². The Kier molecular flexibility index (Phi) is 0.783. The molecule has 0 aromatic rings. The first-order valence-corrected chi connectivity index (χ1v) is 1.88. The Bertz CT molecular complexity index is 69.9. The summed E-state index contributed by atoms with van der Waals surface area (Å²) in [5.74, 6) is 0.282. The molecule has 33 valence electrons. The SMILES string of the molecule is [CH2]C1C=NOC1. The van der Waals surface area contributed by atoms with Crippen LogP contribution in [0.5, 0.6) is 0 Å². The van der Waals surface area contributed by atoms with E-state index in [0.29, 0.717) is 6.61 Å². The van der Waals surface area contributed by atoms with Crippen LogP contribution in [0, 0.1) is 12.8 Å². The first kappa shape index (κ1) is 3.65. The molecule has 0 bridgehead atoms. The number of hydrogen-bond acceptors (Lipinski definition) is 2. The summed E-state index contributed by atoms with van der Waals surface area (Å²) in [5.41, 5.74) is 0. The van der Waals surface area contributed by atoms with E-state index in [0.717, 1.165) is 0 Å². The van der Waals surface area contributed by atoms with Crippen LogP contribution < -0.4 is 0 Å². The minimum atomic E-state index is 0.282. The number of oxime groups is 1. The van der Waals surface area contributed by atoms with E-state index in [-0.39, 0.29) is 5.92 Å². The van der Waals surface area contributed by atoms with E-state index in [1.807, 2.05) is 0 Å². The van der Waals surface area contributed by atoms with Gasteiger partial charge in [-0.2, -0.15) is 0 Å². The van der Waals surface area contributed by atoms with E-state index in [9.17, 15) is 0 Å². The van der Waals surface area contributed by atoms with Gasteiger partial charge >= 0.3 is 0 Å². The minimum absolute atomic E-state index is 0.282. The van der Waals surface area contributed by atoms with Crippen LogP contribution in [-0.4, -0.2) is 12.8 Å². The summed E-state index contributed by atoms with van der Waals surface area (Å²) in [4.78, 5) is 4.56. The molecule has 0 saturated carbocycles. The van der Waals surface area contributed by atoms with Crippen molar-refractivity contribution in [2.24, 2.45) is 11.1 Å². The Labute approximate surface area is 36.8 Å². The quantitative estimate of drug-likeness (QED) is 0.417. The molecule has 1 rings (SSSR count). The number of nitrogens with zero attached hydrogens (tertiary/aromatic N) is 1. The summed E-state index contributed by atoms with van der Waals surface area (Å²) in [6.07, 6.45) is 1.69. The van der Waals surface area contributed by atoms with Gasteiger partial charge in [0.05, 0.1) is 6.21 Å². The van der Waals surface area contributed by atoms with E-state index in [4.69, 9.17) is 0 Å². The standard InChI is InChI=1S/C4H6NO/c1-4-2-5-6-3-4/h2,4H,1,3H2. The predicted molar refractivity (Wildman–Crippen MR) is 23.3 cm³/mol.